The largest absolute Gasteiger partial charge is 0.472 e. The first-order chi connectivity index (χ1) is 23.0. The van der Waals surface area contributed by atoms with E-state index < -0.39 is 20.0 Å². The molecule has 0 aliphatic heterocycles. The molecule has 0 bridgehead atoms. The molecule has 3 unspecified atom stereocenters. The van der Waals surface area contributed by atoms with Gasteiger partial charge in [0.15, 0.2) is 0 Å². The fourth-order valence-electron chi connectivity index (χ4n) is 4.71. The number of aliphatic hydroxyl groups excluding tert-OH is 1. The van der Waals surface area contributed by atoms with E-state index in [0.717, 1.165) is 64.2 Å². The molecule has 3 atom stereocenters. The zero-order valence-electron chi connectivity index (χ0n) is 31.2. The van der Waals surface area contributed by atoms with Crippen molar-refractivity contribution in [3.63, 3.8) is 0 Å². The lowest BCUT2D eigenvalue weighted by Crippen LogP contribution is -2.45. The smallest absolute Gasteiger partial charge is 0.387 e. The summed E-state index contributed by atoms with van der Waals surface area (Å²) in [4.78, 5) is 22.9. The number of amides is 1. The molecule has 0 saturated heterocycles. The van der Waals surface area contributed by atoms with Crippen molar-refractivity contribution in [1.29, 1.82) is 0 Å². The molecule has 0 saturated carbocycles. The van der Waals surface area contributed by atoms with Gasteiger partial charge in [0.2, 0.25) is 5.91 Å². The standard InChI is InChI=1S/C39H71N2O6P/c1-6-8-10-12-14-16-18-20-22-24-26-28-30-32-38(42)37(36-47-48(44,45)46-35-34-41(3,4)5)40-39(43)33-31-29-27-25-23-21-19-17-15-13-11-9-7-2/h9,11,15,17,21-24,30,32,37-38,42H,6-8,10,12-14,16,18-20,25-29,31,33-36H2,1-5H3,(H-,40,43,44,45)/p+1/b11-9-,17-15-,23-21-,24-22+,32-30+. The van der Waals surface area contributed by atoms with Crippen molar-refractivity contribution >= 4 is 13.7 Å². The number of hydrogen-bond donors (Lipinski definition) is 3. The highest BCUT2D eigenvalue weighted by atomic mass is 31.2. The Balaban J connectivity index is 4.69. The van der Waals surface area contributed by atoms with E-state index in [2.05, 4.69) is 67.8 Å². The maximum atomic E-state index is 12.8. The molecule has 0 radical (unpaired) electrons. The predicted octanol–water partition coefficient (Wildman–Crippen LogP) is 9.51. The molecule has 9 heteroatoms. The van der Waals surface area contributed by atoms with Gasteiger partial charge in [-0.15, -0.1) is 0 Å². The number of quaternary nitrogens is 1. The van der Waals surface area contributed by atoms with Gasteiger partial charge in [-0.3, -0.25) is 13.8 Å². The van der Waals surface area contributed by atoms with Crippen LogP contribution >= 0.6 is 7.82 Å². The number of likely N-dealkylation sites (N-methyl/N-ethyl adjacent to an activating group) is 1. The summed E-state index contributed by atoms with van der Waals surface area (Å²) in [5.41, 5.74) is 0. The number of carbonyl (C=O) groups excluding carboxylic acids is 1. The number of unbranched alkanes of at least 4 members (excludes halogenated alkanes) is 11. The number of phosphoric ester groups is 1. The van der Waals surface area contributed by atoms with Crippen LogP contribution in [0.5, 0.6) is 0 Å². The molecule has 0 aromatic heterocycles. The van der Waals surface area contributed by atoms with Gasteiger partial charge >= 0.3 is 7.82 Å². The minimum atomic E-state index is -4.35. The molecule has 0 aliphatic rings. The minimum Gasteiger partial charge on any atom is -0.387 e. The number of nitrogens with zero attached hydrogens (tertiary/aromatic N) is 1. The highest BCUT2D eigenvalue weighted by molar-refractivity contribution is 7.47. The normalized spacial score (nSPS) is 15.4. The highest BCUT2D eigenvalue weighted by Crippen LogP contribution is 2.43. The van der Waals surface area contributed by atoms with E-state index in [-0.39, 0.29) is 19.1 Å². The first-order valence-electron chi connectivity index (χ1n) is 18.7. The van der Waals surface area contributed by atoms with E-state index in [9.17, 15) is 19.4 Å². The first kappa shape index (κ1) is 46.2. The lowest BCUT2D eigenvalue weighted by molar-refractivity contribution is -0.870. The third-order valence-corrected chi connectivity index (χ3v) is 8.71. The molecule has 0 aromatic carbocycles. The van der Waals surface area contributed by atoms with Crippen LogP contribution in [0.2, 0.25) is 0 Å². The van der Waals surface area contributed by atoms with Crippen LogP contribution in [-0.2, 0) is 18.4 Å². The summed E-state index contributed by atoms with van der Waals surface area (Å²) in [5.74, 6) is -0.221. The van der Waals surface area contributed by atoms with E-state index in [1.807, 2.05) is 27.2 Å². The summed E-state index contributed by atoms with van der Waals surface area (Å²) < 4.78 is 23.4. The molecule has 0 rings (SSSR count). The van der Waals surface area contributed by atoms with Crippen molar-refractivity contribution in [2.45, 2.75) is 142 Å². The molecule has 1 amide bonds. The number of allylic oxidation sites excluding steroid dienone is 9. The van der Waals surface area contributed by atoms with Crippen molar-refractivity contribution in [2.24, 2.45) is 0 Å². The van der Waals surface area contributed by atoms with Gasteiger partial charge in [0, 0.05) is 6.42 Å². The van der Waals surface area contributed by atoms with Crippen LogP contribution in [0.15, 0.2) is 60.8 Å². The zero-order valence-corrected chi connectivity index (χ0v) is 32.1. The van der Waals surface area contributed by atoms with Gasteiger partial charge in [0.25, 0.3) is 0 Å². The van der Waals surface area contributed by atoms with Crippen LogP contribution in [0.25, 0.3) is 0 Å². The van der Waals surface area contributed by atoms with Gasteiger partial charge in [-0.1, -0.05) is 120 Å². The summed E-state index contributed by atoms with van der Waals surface area (Å²) in [7, 11) is 1.52. The summed E-state index contributed by atoms with van der Waals surface area (Å²) in [6.07, 6.45) is 38.6. The topological polar surface area (TPSA) is 105 Å². The fourth-order valence-corrected chi connectivity index (χ4v) is 5.45. The van der Waals surface area contributed by atoms with Crippen LogP contribution in [0.3, 0.4) is 0 Å². The van der Waals surface area contributed by atoms with E-state index >= 15 is 0 Å². The van der Waals surface area contributed by atoms with Crippen LogP contribution in [0, 0.1) is 0 Å². The Morgan fingerprint density at radius 3 is 1.92 bits per heavy atom. The van der Waals surface area contributed by atoms with Gasteiger partial charge in [-0.05, 0) is 64.2 Å². The third-order valence-electron chi connectivity index (χ3n) is 7.72. The third kappa shape index (κ3) is 32.7. The highest BCUT2D eigenvalue weighted by Gasteiger charge is 2.27. The summed E-state index contributed by atoms with van der Waals surface area (Å²) in [6.45, 7) is 4.60. The van der Waals surface area contributed by atoms with E-state index in [1.54, 1.807) is 6.08 Å². The molecular weight excluding hydrogens is 623 g/mol. The van der Waals surface area contributed by atoms with Gasteiger partial charge in [0.1, 0.15) is 13.2 Å². The second-order valence-corrected chi connectivity index (χ2v) is 15.0. The van der Waals surface area contributed by atoms with Gasteiger partial charge in [-0.2, -0.15) is 0 Å². The molecule has 0 aliphatic carbocycles. The number of aliphatic hydroxyl groups is 1. The Labute approximate surface area is 294 Å². The van der Waals surface area contributed by atoms with Crippen molar-refractivity contribution in [1.82, 2.24) is 5.32 Å². The van der Waals surface area contributed by atoms with Crippen LogP contribution in [0.4, 0.5) is 0 Å². The lowest BCUT2D eigenvalue weighted by Gasteiger charge is -2.25. The van der Waals surface area contributed by atoms with Crippen molar-refractivity contribution in [3.8, 4) is 0 Å². The summed E-state index contributed by atoms with van der Waals surface area (Å²) >= 11 is 0. The summed E-state index contributed by atoms with van der Waals surface area (Å²) in [5, 5.41) is 13.7. The van der Waals surface area contributed by atoms with Crippen LogP contribution in [-0.4, -0.2) is 73.4 Å². The summed E-state index contributed by atoms with van der Waals surface area (Å²) in [6, 6.07) is -0.877. The molecule has 48 heavy (non-hydrogen) atoms. The SMILES string of the molecule is CC/C=C\C/C=C\C/C=C\CCCCCC(=O)NC(COP(=O)(O)OCC[N+](C)(C)C)C(O)/C=C/CC/C=C/CCCCCCCCC. The quantitative estimate of drug-likeness (QED) is 0.0280. The molecular formula is C39H72N2O6P+. The molecule has 8 nitrogen and oxygen atoms in total. The van der Waals surface area contributed by atoms with Crippen molar-refractivity contribution < 1.29 is 32.9 Å². The Morgan fingerprint density at radius 1 is 0.729 bits per heavy atom. The zero-order chi connectivity index (χ0) is 35.8. The fraction of sp³-hybridized carbons (Fsp3) is 0.718. The van der Waals surface area contributed by atoms with E-state index in [1.165, 1.54) is 44.9 Å². The molecule has 0 aromatic rings. The Bertz CT molecular complexity index is 970. The second kappa shape index (κ2) is 31.2. The van der Waals surface area contributed by atoms with Crippen molar-refractivity contribution in [3.05, 3.63) is 60.8 Å². The predicted molar refractivity (Wildman–Crippen MR) is 203 cm³/mol. The molecule has 278 valence electrons. The molecule has 3 N–H and O–H groups in total. The van der Waals surface area contributed by atoms with Gasteiger partial charge in [0.05, 0.1) is 39.9 Å². The maximum Gasteiger partial charge on any atom is 0.472 e. The average molecular weight is 696 g/mol. The lowest BCUT2D eigenvalue weighted by atomic mass is 10.1. The van der Waals surface area contributed by atoms with E-state index in [0.29, 0.717) is 17.4 Å². The molecule has 0 heterocycles. The van der Waals surface area contributed by atoms with Gasteiger partial charge in [-0.25, -0.2) is 4.57 Å². The average Bonchev–Trinajstić information content (AvgIpc) is 3.02. The number of phosphoric acid groups is 1. The Kier molecular flexibility index (Phi) is 30.0. The number of hydrogen-bond acceptors (Lipinski definition) is 5. The van der Waals surface area contributed by atoms with Crippen LogP contribution in [0.1, 0.15) is 129 Å². The van der Waals surface area contributed by atoms with E-state index in [4.69, 9.17) is 9.05 Å². The van der Waals surface area contributed by atoms with Gasteiger partial charge < -0.3 is 19.8 Å². The molecule has 0 spiro atoms. The van der Waals surface area contributed by atoms with Crippen LogP contribution < -0.4 is 5.32 Å². The number of carbonyl (C=O) groups is 1. The number of rotatable bonds is 32. The second-order valence-electron chi connectivity index (χ2n) is 13.6. The minimum absolute atomic E-state index is 0.0474. The van der Waals surface area contributed by atoms with Crippen molar-refractivity contribution in [2.75, 3.05) is 40.9 Å². The first-order valence-corrected chi connectivity index (χ1v) is 20.2. The maximum absolute atomic E-state index is 12.8. The molecule has 0 fully saturated rings. The monoisotopic (exact) mass is 696 g/mol. The number of nitrogens with one attached hydrogen (secondary N) is 1. The Hall–Kier alpha value is -1.80. The Morgan fingerprint density at radius 2 is 1.27 bits per heavy atom.